The molecule has 0 saturated carbocycles. The molecular weight excluding hydrogens is 146 g/mol. The Labute approximate surface area is 64.9 Å². The predicted molar refractivity (Wildman–Crippen MR) is 41.6 cm³/mol. The predicted octanol–water partition coefficient (Wildman–Crippen LogP) is 3.08. The first kappa shape index (κ1) is 8.18. The Balaban J connectivity index is 2.94. The molecule has 1 aliphatic carbocycles. The third-order valence-corrected chi connectivity index (χ3v) is 1.78. The second kappa shape index (κ2) is 2.99. The van der Waals surface area contributed by atoms with Gasteiger partial charge in [0, 0.05) is 0 Å². The highest BCUT2D eigenvalue weighted by Crippen LogP contribution is 2.27. The number of halogens is 2. The lowest BCUT2D eigenvalue weighted by molar-refractivity contribution is 0.189. The van der Waals surface area contributed by atoms with Crippen molar-refractivity contribution >= 4 is 0 Å². The Hall–Kier alpha value is -0.920. The van der Waals surface area contributed by atoms with Crippen LogP contribution in [0.3, 0.4) is 0 Å². The number of hydrogen-bond acceptors (Lipinski definition) is 0. The van der Waals surface area contributed by atoms with Crippen molar-refractivity contribution in [3.05, 3.63) is 35.5 Å². The van der Waals surface area contributed by atoms with Gasteiger partial charge in [-0.2, -0.15) is 0 Å². The fraction of sp³-hybridized carbons (Fsp3) is 0.333. The van der Waals surface area contributed by atoms with Crippen molar-refractivity contribution in [1.82, 2.24) is 0 Å². The Bertz CT molecular complexity index is 234. The summed E-state index contributed by atoms with van der Waals surface area (Å²) in [5.74, 6) is 0. The van der Waals surface area contributed by atoms with Crippen molar-refractivity contribution in [2.45, 2.75) is 19.8 Å². The first-order valence-corrected chi connectivity index (χ1v) is 3.46. The molecule has 0 spiro atoms. The van der Waals surface area contributed by atoms with Gasteiger partial charge in [0.2, 0.25) is 0 Å². The van der Waals surface area contributed by atoms with Crippen molar-refractivity contribution in [3.8, 4) is 0 Å². The molecule has 0 N–H and O–H groups in total. The van der Waals surface area contributed by atoms with E-state index in [0.29, 0.717) is 12.0 Å². The fourth-order valence-corrected chi connectivity index (χ4v) is 1.07. The van der Waals surface area contributed by atoms with Crippen molar-refractivity contribution in [3.63, 3.8) is 0 Å². The average molecular weight is 156 g/mol. The molecule has 0 atom stereocenters. The average Bonchev–Trinajstić information content (AvgIpc) is 2.33. The van der Waals surface area contributed by atoms with E-state index in [0.717, 1.165) is 5.57 Å². The lowest BCUT2D eigenvalue weighted by atomic mass is 10.1. The lowest BCUT2D eigenvalue weighted by Gasteiger charge is -2.04. The third-order valence-electron chi connectivity index (χ3n) is 1.78. The second-order valence-corrected chi connectivity index (χ2v) is 2.61. The van der Waals surface area contributed by atoms with Crippen LogP contribution in [0.2, 0.25) is 0 Å². The highest BCUT2D eigenvalue weighted by atomic mass is 19.3. The van der Waals surface area contributed by atoms with Crippen LogP contribution in [0.4, 0.5) is 8.78 Å². The molecule has 2 heteroatoms. The van der Waals surface area contributed by atoms with Gasteiger partial charge >= 0.3 is 0 Å². The molecule has 0 amide bonds. The number of allylic oxidation sites excluding steroid dienone is 5. The van der Waals surface area contributed by atoms with E-state index in [1.54, 1.807) is 6.08 Å². The van der Waals surface area contributed by atoms with E-state index >= 15 is 0 Å². The molecule has 0 bridgehead atoms. The smallest absolute Gasteiger partial charge is 0.205 e. The van der Waals surface area contributed by atoms with Gasteiger partial charge in [0.15, 0.2) is 0 Å². The lowest BCUT2D eigenvalue weighted by Crippen LogP contribution is -1.96. The van der Waals surface area contributed by atoms with Gasteiger partial charge in [-0.1, -0.05) is 18.7 Å². The van der Waals surface area contributed by atoms with Gasteiger partial charge in [-0.3, -0.25) is 0 Å². The molecule has 0 saturated heterocycles. The van der Waals surface area contributed by atoms with E-state index in [1.165, 1.54) is 6.92 Å². The molecule has 11 heavy (non-hydrogen) atoms. The van der Waals surface area contributed by atoms with E-state index in [2.05, 4.69) is 6.58 Å². The van der Waals surface area contributed by atoms with Gasteiger partial charge in [-0.25, -0.2) is 8.78 Å². The van der Waals surface area contributed by atoms with Crippen molar-refractivity contribution in [2.75, 3.05) is 0 Å². The molecule has 0 aromatic rings. The number of alkyl halides is 2. The zero-order valence-electron chi connectivity index (χ0n) is 6.40. The Kier molecular flexibility index (Phi) is 2.22. The van der Waals surface area contributed by atoms with Crippen molar-refractivity contribution in [2.24, 2.45) is 0 Å². The van der Waals surface area contributed by atoms with Crippen LogP contribution in [0.5, 0.6) is 0 Å². The van der Waals surface area contributed by atoms with Crippen LogP contribution < -0.4 is 0 Å². The molecule has 0 fully saturated rings. The summed E-state index contributed by atoms with van der Waals surface area (Å²) in [6.45, 7) is 5.13. The summed E-state index contributed by atoms with van der Waals surface area (Å²) in [4.78, 5) is 0. The molecule has 0 aromatic carbocycles. The summed E-state index contributed by atoms with van der Waals surface area (Å²) < 4.78 is 24.2. The highest BCUT2D eigenvalue weighted by molar-refractivity contribution is 5.47. The van der Waals surface area contributed by atoms with Gasteiger partial charge in [0.1, 0.15) is 0 Å². The zero-order chi connectivity index (χ0) is 8.43. The molecule has 60 valence electrons. The topological polar surface area (TPSA) is 0 Å². The molecule has 1 rings (SSSR count). The van der Waals surface area contributed by atoms with Crippen LogP contribution in [0, 0.1) is 0 Å². The van der Waals surface area contributed by atoms with Crippen LogP contribution in [0.15, 0.2) is 35.5 Å². The highest BCUT2D eigenvalue weighted by Gasteiger charge is 2.14. The molecule has 0 nitrogen and oxygen atoms in total. The van der Waals surface area contributed by atoms with Gasteiger partial charge in [0.25, 0.3) is 6.43 Å². The summed E-state index contributed by atoms with van der Waals surface area (Å²) in [5.41, 5.74) is 1.55. The summed E-state index contributed by atoms with van der Waals surface area (Å²) in [6, 6.07) is 0. The Morgan fingerprint density at radius 2 is 2.27 bits per heavy atom. The molecule has 0 radical (unpaired) electrons. The normalized spacial score (nSPS) is 21.6. The van der Waals surface area contributed by atoms with E-state index in [1.807, 2.05) is 6.08 Å². The van der Waals surface area contributed by atoms with Crippen LogP contribution in [-0.2, 0) is 0 Å². The molecule has 0 heterocycles. The van der Waals surface area contributed by atoms with Gasteiger partial charge in [-0.15, -0.1) is 0 Å². The SMILES string of the molecule is C=C1CC=C/C1=C(/C)C(F)F. The van der Waals surface area contributed by atoms with Crippen molar-refractivity contribution in [1.29, 1.82) is 0 Å². The van der Waals surface area contributed by atoms with Gasteiger partial charge in [-0.05, 0) is 30.1 Å². The summed E-state index contributed by atoms with van der Waals surface area (Å²) in [5, 5.41) is 0. The molecule has 1 aliphatic rings. The summed E-state index contributed by atoms with van der Waals surface area (Å²) in [7, 11) is 0. The first-order chi connectivity index (χ1) is 5.13. The van der Waals surface area contributed by atoms with E-state index in [4.69, 9.17) is 0 Å². The number of hydrogen-bond donors (Lipinski definition) is 0. The maximum Gasteiger partial charge on any atom is 0.260 e. The van der Waals surface area contributed by atoms with E-state index in [9.17, 15) is 8.78 Å². The van der Waals surface area contributed by atoms with Crippen LogP contribution in [-0.4, -0.2) is 6.43 Å². The van der Waals surface area contributed by atoms with Crippen LogP contribution >= 0.6 is 0 Å². The second-order valence-electron chi connectivity index (χ2n) is 2.61. The Morgan fingerprint density at radius 3 is 2.64 bits per heavy atom. The monoisotopic (exact) mass is 156 g/mol. The minimum Gasteiger partial charge on any atom is -0.205 e. The first-order valence-electron chi connectivity index (χ1n) is 3.46. The minimum atomic E-state index is -2.36. The minimum absolute atomic E-state index is 0.128. The zero-order valence-corrected chi connectivity index (χ0v) is 6.40. The quantitative estimate of drug-likeness (QED) is 0.547. The summed E-state index contributed by atoms with van der Waals surface area (Å²) >= 11 is 0. The van der Waals surface area contributed by atoms with Gasteiger partial charge < -0.3 is 0 Å². The van der Waals surface area contributed by atoms with Crippen molar-refractivity contribution < 1.29 is 8.78 Å². The van der Waals surface area contributed by atoms with Gasteiger partial charge in [0.05, 0.1) is 0 Å². The molecule has 0 aliphatic heterocycles. The third kappa shape index (κ3) is 1.56. The molecule has 0 aromatic heterocycles. The van der Waals surface area contributed by atoms with Crippen LogP contribution in [0.25, 0.3) is 0 Å². The number of rotatable bonds is 1. The summed E-state index contributed by atoms with van der Waals surface area (Å²) in [6.07, 6.45) is 1.91. The maximum absolute atomic E-state index is 12.1. The molecule has 0 unspecified atom stereocenters. The Morgan fingerprint density at radius 1 is 1.64 bits per heavy atom. The molecular formula is C9H10F2. The fourth-order valence-electron chi connectivity index (χ4n) is 1.07. The largest absolute Gasteiger partial charge is 0.260 e. The van der Waals surface area contributed by atoms with Crippen LogP contribution in [0.1, 0.15) is 13.3 Å². The van der Waals surface area contributed by atoms with E-state index in [-0.39, 0.29) is 5.57 Å². The standard InChI is InChI=1S/C9H10F2/c1-6-4-3-5-8(6)7(2)9(10)11/h3,5,9H,1,4H2,2H3/b8-7+. The van der Waals surface area contributed by atoms with E-state index < -0.39 is 6.43 Å². The maximum atomic E-state index is 12.1.